The molecule has 84 valence electrons. The van der Waals surface area contributed by atoms with Crippen LogP contribution in [0.5, 0.6) is 5.75 Å². The number of nitriles is 1. The maximum absolute atomic E-state index is 8.87. The first-order valence-electron chi connectivity index (χ1n) is 5.02. The van der Waals surface area contributed by atoms with Crippen molar-refractivity contribution in [1.29, 1.82) is 5.26 Å². The number of ether oxygens (including phenoxy) is 1. The van der Waals surface area contributed by atoms with Gasteiger partial charge >= 0.3 is 0 Å². The fourth-order valence-corrected chi connectivity index (χ4v) is 1.50. The molecule has 1 heterocycles. The summed E-state index contributed by atoms with van der Waals surface area (Å²) >= 11 is 5.80. The Morgan fingerprint density at radius 3 is 2.76 bits per heavy atom. The van der Waals surface area contributed by atoms with Crippen LogP contribution in [0.3, 0.4) is 0 Å². The van der Waals surface area contributed by atoms with Gasteiger partial charge in [0.2, 0.25) is 0 Å². The molecule has 0 aliphatic heterocycles. The van der Waals surface area contributed by atoms with Gasteiger partial charge in [-0.1, -0.05) is 41.9 Å². The monoisotopic (exact) mass is 244 g/mol. The van der Waals surface area contributed by atoms with E-state index < -0.39 is 0 Å². The second kappa shape index (κ2) is 5.33. The van der Waals surface area contributed by atoms with Crippen molar-refractivity contribution in [3.05, 3.63) is 58.9 Å². The Morgan fingerprint density at radius 1 is 1.29 bits per heavy atom. The maximum Gasteiger partial charge on any atom is 0.182 e. The first-order valence-corrected chi connectivity index (χ1v) is 5.40. The van der Waals surface area contributed by atoms with Crippen LogP contribution in [0.25, 0.3) is 0 Å². The van der Waals surface area contributed by atoms with Crippen LogP contribution in [0.2, 0.25) is 5.02 Å². The van der Waals surface area contributed by atoms with Crippen molar-refractivity contribution >= 4 is 11.6 Å². The van der Waals surface area contributed by atoms with E-state index in [0.29, 0.717) is 17.4 Å². The van der Waals surface area contributed by atoms with Crippen LogP contribution in [0.1, 0.15) is 11.3 Å². The minimum absolute atomic E-state index is 0.241. The predicted octanol–water partition coefficient (Wildman–Crippen LogP) is 3.19. The Labute approximate surface area is 104 Å². The van der Waals surface area contributed by atoms with Gasteiger partial charge in [-0.05, 0) is 5.56 Å². The number of hydrogen-bond donors (Lipinski definition) is 0. The van der Waals surface area contributed by atoms with Gasteiger partial charge in [-0.2, -0.15) is 5.26 Å². The van der Waals surface area contributed by atoms with Gasteiger partial charge in [0, 0.05) is 12.3 Å². The smallest absolute Gasteiger partial charge is 0.182 e. The number of benzene rings is 1. The third kappa shape index (κ3) is 2.96. The molecule has 0 saturated heterocycles. The van der Waals surface area contributed by atoms with Crippen LogP contribution in [-0.4, -0.2) is 4.98 Å². The van der Waals surface area contributed by atoms with E-state index in [4.69, 9.17) is 21.6 Å². The van der Waals surface area contributed by atoms with Gasteiger partial charge in [0.1, 0.15) is 12.7 Å². The first kappa shape index (κ1) is 11.4. The van der Waals surface area contributed by atoms with Crippen LogP contribution in [0, 0.1) is 11.3 Å². The molecule has 2 rings (SSSR count). The topological polar surface area (TPSA) is 45.9 Å². The summed E-state index contributed by atoms with van der Waals surface area (Å²) in [4.78, 5) is 3.89. The van der Waals surface area contributed by atoms with Gasteiger partial charge in [-0.25, -0.2) is 4.98 Å². The van der Waals surface area contributed by atoms with Crippen molar-refractivity contribution in [2.45, 2.75) is 6.61 Å². The third-order valence-electron chi connectivity index (χ3n) is 2.16. The Balaban J connectivity index is 2.14. The molecule has 0 unspecified atom stereocenters. The lowest BCUT2D eigenvalue weighted by atomic mass is 10.2. The average molecular weight is 245 g/mol. The highest BCUT2D eigenvalue weighted by atomic mass is 35.5. The summed E-state index contributed by atoms with van der Waals surface area (Å²) in [5, 5.41) is 9.32. The molecule has 1 aromatic heterocycles. The molecule has 0 fully saturated rings. The zero-order valence-electron chi connectivity index (χ0n) is 8.93. The largest absolute Gasteiger partial charge is 0.486 e. The van der Waals surface area contributed by atoms with Crippen molar-refractivity contribution < 1.29 is 4.74 Å². The van der Waals surface area contributed by atoms with Gasteiger partial charge in [0.15, 0.2) is 11.4 Å². The lowest BCUT2D eigenvalue weighted by Crippen LogP contribution is -1.98. The summed E-state index contributed by atoms with van der Waals surface area (Å²) < 4.78 is 5.53. The molecule has 0 spiro atoms. The Bertz CT molecular complexity index is 549. The van der Waals surface area contributed by atoms with Gasteiger partial charge in [0.05, 0.1) is 5.02 Å². The van der Waals surface area contributed by atoms with Crippen molar-refractivity contribution in [1.82, 2.24) is 4.98 Å². The molecule has 0 atom stereocenters. The second-order valence-electron chi connectivity index (χ2n) is 3.39. The standard InChI is InChI=1S/C13H9ClN2O/c14-11-6-13(12(7-15)16-8-11)17-9-10-4-2-1-3-5-10/h1-6,8H,9H2. The lowest BCUT2D eigenvalue weighted by Gasteiger charge is -2.07. The molecule has 17 heavy (non-hydrogen) atoms. The van der Waals surface area contributed by atoms with Crippen molar-refractivity contribution in [3.63, 3.8) is 0 Å². The fourth-order valence-electron chi connectivity index (χ4n) is 1.35. The van der Waals surface area contributed by atoms with Crippen molar-refractivity contribution in [3.8, 4) is 11.8 Å². The molecule has 0 amide bonds. The lowest BCUT2D eigenvalue weighted by molar-refractivity contribution is 0.304. The Hall–Kier alpha value is -2.05. The van der Waals surface area contributed by atoms with Gasteiger partial charge in [0.25, 0.3) is 0 Å². The maximum atomic E-state index is 8.87. The van der Waals surface area contributed by atoms with Crippen LogP contribution in [-0.2, 0) is 6.61 Å². The van der Waals surface area contributed by atoms with Crippen molar-refractivity contribution in [2.24, 2.45) is 0 Å². The Morgan fingerprint density at radius 2 is 2.06 bits per heavy atom. The van der Waals surface area contributed by atoms with Crippen LogP contribution < -0.4 is 4.74 Å². The first-order chi connectivity index (χ1) is 8.29. The zero-order valence-corrected chi connectivity index (χ0v) is 9.69. The van der Waals surface area contributed by atoms with Crippen LogP contribution >= 0.6 is 11.6 Å². The number of halogens is 1. The second-order valence-corrected chi connectivity index (χ2v) is 3.82. The molecule has 0 saturated carbocycles. The summed E-state index contributed by atoms with van der Waals surface area (Å²) in [6, 6.07) is 13.3. The van der Waals surface area contributed by atoms with Gasteiger partial charge in [-0.15, -0.1) is 0 Å². The molecule has 0 bridgehead atoms. The molecular formula is C13H9ClN2O. The summed E-state index contributed by atoms with van der Waals surface area (Å²) in [6.45, 7) is 0.386. The van der Waals surface area contributed by atoms with E-state index in [1.807, 2.05) is 36.4 Å². The number of hydrogen-bond acceptors (Lipinski definition) is 3. The highest BCUT2D eigenvalue weighted by Crippen LogP contribution is 2.21. The van der Waals surface area contributed by atoms with E-state index in [2.05, 4.69) is 4.98 Å². The summed E-state index contributed by atoms with van der Waals surface area (Å²) in [7, 11) is 0. The molecule has 1 aromatic carbocycles. The summed E-state index contributed by atoms with van der Waals surface area (Å²) in [5.41, 5.74) is 1.27. The van der Waals surface area contributed by atoms with Crippen LogP contribution in [0.4, 0.5) is 0 Å². The molecule has 4 heteroatoms. The normalized spacial score (nSPS) is 9.65. The minimum Gasteiger partial charge on any atom is -0.486 e. The van der Waals surface area contributed by atoms with Gasteiger partial charge < -0.3 is 4.74 Å². The van der Waals surface area contributed by atoms with E-state index >= 15 is 0 Å². The molecule has 0 N–H and O–H groups in total. The van der Waals surface area contributed by atoms with Crippen LogP contribution in [0.15, 0.2) is 42.6 Å². The highest BCUT2D eigenvalue weighted by molar-refractivity contribution is 6.30. The number of rotatable bonds is 3. The molecule has 0 aliphatic rings. The Kier molecular flexibility index (Phi) is 3.59. The average Bonchev–Trinajstić information content (AvgIpc) is 2.38. The van der Waals surface area contributed by atoms with E-state index in [-0.39, 0.29) is 5.69 Å². The highest BCUT2D eigenvalue weighted by Gasteiger charge is 2.05. The van der Waals surface area contributed by atoms with E-state index in [1.165, 1.54) is 6.20 Å². The predicted molar refractivity (Wildman–Crippen MR) is 64.7 cm³/mol. The summed E-state index contributed by atoms with van der Waals surface area (Å²) in [5.74, 6) is 0.406. The third-order valence-corrected chi connectivity index (χ3v) is 2.37. The van der Waals surface area contributed by atoms with Gasteiger partial charge in [-0.3, -0.25) is 0 Å². The number of nitrogens with zero attached hydrogens (tertiary/aromatic N) is 2. The number of aromatic nitrogens is 1. The fraction of sp³-hybridized carbons (Fsp3) is 0.0769. The molecule has 0 aliphatic carbocycles. The zero-order chi connectivity index (χ0) is 12.1. The molecule has 0 radical (unpaired) electrons. The van der Waals surface area contributed by atoms with E-state index in [9.17, 15) is 0 Å². The summed E-state index contributed by atoms with van der Waals surface area (Å²) in [6.07, 6.45) is 1.43. The minimum atomic E-state index is 0.241. The van der Waals surface area contributed by atoms with E-state index in [0.717, 1.165) is 5.56 Å². The molecular weight excluding hydrogens is 236 g/mol. The molecule has 2 aromatic rings. The quantitative estimate of drug-likeness (QED) is 0.833. The van der Waals surface area contributed by atoms with Crippen molar-refractivity contribution in [2.75, 3.05) is 0 Å². The van der Waals surface area contributed by atoms with E-state index in [1.54, 1.807) is 6.07 Å². The number of pyridine rings is 1. The molecule has 3 nitrogen and oxygen atoms in total. The SMILES string of the molecule is N#Cc1ncc(Cl)cc1OCc1ccccc1.